The minimum absolute atomic E-state index is 0.360. The quantitative estimate of drug-likeness (QED) is 0.678. The Kier molecular flexibility index (Phi) is 2.54. The lowest BCUT2D eigenvalue weighted by atomic mass is 10.1. The van der Waals surface area contributed by atoms with Crippen LogP contribution >= 0.6 is 0 Å². The van der Waals surface area contributed by atoms with Crippen LogP contribution in [0.1, 0.15) is 26.2 Å². The highest BCUT2D eigenvalue weighted by atomic mass is 16.2. The smallest absolute Gasteiger partial charge is 0.222 e. The van der Waals surface area contributed by atoms with E-state index in [1.54, 1.807) is 0 Å². The lowest BCUT2D eigenvalue weighted by Gasteiger charge is -2.23. The molecule has 0 saturated carbocycles. The first kappa shape index (κ1) is 9.00. The molecule has 2 atom stereocenters. The minimum atomic E-state index is 0.360. The number of amides is 1. The van der Waals surface area contributed by atoms with Crippen LogP contribution in [-0.2, 0) is 4.79 Å². The van der Waals surface area contributed by atoms with Crippen molar-refractivity contribution in [3.05, 3.63) is 0 Å². The second kappa shape index (κ2) is 3.66. The summed E-state index contributed by atoms with van der Waals surface area (Å²) in [5, 5.41) is 3.36. The van der Waals surface area contributed by atoms with E-state index in [9.17, 15) is 4.79 Å². The van der Waals surface area contributed by atoms with Gasteiger partial charge in [0.25, 0.3) is 0 Å². The van der Waals surface area contributed by atoms with Gasteiger partial charge in [0.15, 0.2) is 0 Å². The number of hydrogen-bond acceptors (Lipinski definition) is 2. The molecule has 0 radical (unpaired) electrons. The molecule has 0 aromatic heterocycles. The number of rotatable bonds is 2. The second-order valence-corrected chi connectivity index (χ2v) is 4.11. The van der Waals surface area contributed by atoms with E-state index in [1.165, 1.54) is 6.42 Å². The van der Waals surface area contributed by atoms with Crippen LogP contribution in [0.15, 0.2) is 0 Å². The zero-order chi connectivity index (χ0) is 9.26. The van der Waals surface area contributed by atoms with Crippen molar-refractivity contribution in [2.24, 2.45) is 5.92 Å². The first-order valence-corrected chi connectivity index (χ1v) is 5.33. The van der Waals surface area contributed by atoms with Crippen LogP contribution < -0.4 is 5.32 Å². The Morgan fingerprint density at radius 2 is 2.38 bits per heavy atom. The Morgan fingerprint density at radius 3 is 3.15 bits per heavy atom. The summed E-state index contributed by atoms with van der Waals surface area (Å²) in [5.41, 5.74) is 0. The van der Waals surface area contributed by atoms with Gasteiger partial charge in [-0.05, 0) is 18.8 Å². The average molecular weight is 182 g/mol. The summed E-state index contributed by atoms with van der Waals surface area (Å²) in [4.78, 5) is 13.8. The zero-order valence-corrected chi connectivity index (χ0v) is 8.25. The molecule has 0 bridgehead atoms. The Hall–Kier alpha value is -0.570. The van der Waals surface area contributed by atoms with Crippen LogP contribution in [0.2, 0.25) is 0 Å². The molecule has 2 aliphatic heterocycles. The van der Waals surface area contributed by atoms with Gasteiger partial charge >= 0.3 is 0 Å². The lowest BCUT2D eigenvalue weighted by Crippen LogP contribution is -2.38. The summed E-state index contributed by atoms with van der Waals surface area (Å²) in [7, 11) is 0. The zero-order valence-electron chi connectivity index (χ0n) is 8.25. The van der Waals surface area contributed by atoms with Crippen molar-refractivity contribution < 1.29 is 4.79 Å². The van der Waals surface area contributed by atoms with Gasteiger partial charge in [-0.2, -0.15) is 0 Å². The highest BCUT2D eigenvalue weighted by Gasteiger charge is 2.39. The van der Waals surface area contributed by atoms with E-state index in [1.807, 2.05) is 0 Å². The molecule has 1 amide bonds. The van der Waals surface area contributed by atoms with Gasteiger partial charge in [0.05, 0.1) is 0 Å². The van der Waals surface area contributed by atoms with Crippen LogP contribution in [0.4, 0.5) is 0 Å². The van der Waals surface area contributed by atoms with Crippen molar-refractivity contribution in [1.29, 1.82) is 0 Å². The Labute approximate surface area is 79.5 Å². The molecule has 0 unspecified atom stereocenters. The largest absolute Gasteiger partial charge is 0.338 e. The summed E-state index contributed by atoms with van der Waals surface area (Å²) in [6.45, 7) is 5.19. The van der Waals surface area contributed by atoms with Gasteiger partial charge in [0.2, 0.25) is 5.91 Å². The monoisotopic (exact) mass is 182 g/mol. The van der Waals surface area contributed by atoms with E-state index < -0.39 is 0 Å². The van der Waals surface area contributed by atoms with Crippen molar-refractivity contribution in [3.63, 3.8) is 0 Å². The number of nitrogens with one attached hydrogen (secondary N) is 1. The number of nitrogens with zero attached hydrogens (tertiary/aromatic N) is 1. The molecule has 2 heterocycles. The van der Waals surface area contributed by atoms with E-state index >= 15 is 0 Å². The Bertz CT molecular complexity index is 205. The normalized spacial score (nSPS) is 32.2. The van der Waals surface area contributed by atoms with Gasteiger partial charge in [-0.25, -0.2) is 0 Å². The Balaban J connectivity index is 1.96. The van der Waals surface area contributed by atoms with Crippen molar-refractivity contribution in [3.8, 4) is 0 Å². The Morgan fingerprint density at radius 1 is 1.54 bits per heavy atom. The van der Waals surface area contributed by atoms with Crippen LogP contribution in [-0.4, -0.2) is 36.5 Å². The van der Waals surface area contributed by atoms with Crippen molar-refractivity contribution >= 4 is 5.91 Å². The van der Waals surface area contributed by atoms with Crippen LogP contribution in [0.3, 0.4) is 0 Å². The summed E-state index contributed by atoms with van der Waals surface area (Å²) in [6.07, 6.45) is 2.90. The molecular formula is C10H18N2O. The maximum absolute atomic E-state index is 11.7. The molecular weight excluding hydrogens is 164 g/mol. The first-order chi connectivity index (χ1) is 6.33. The molecule has 0 aromatic carbocycles. The van der Waals surface area contributed by atoms with E-state index in [4.69, 9.17) is 0 Å². The van der Waals surface area contributed by atoms with Crippen LogP contribution in [0.25, 0.3) is 0 Å². The first-order valence-electron chi connectivity index (χ1n) is 5.33. The lowest BCUT2D eigenvalue weighted by molar-refractivity contribution is -0.131. The van der Waals surface area contributed by atoms with E-state index in [2.05, 4.69) is 17.1 Å². The summed E-state index contributed by atoms with van der Waals surface area (Å²) in [6, 6.07) is 0.513. The van der Waals surface area contributed by atoms with Gasteiger partial charge < -0.3 is 10.2 Å². The molecule has 0 aliphatic carbocycles. The van der Waals surface area contributed by atoms with Crippen molar-refractivity contribution in [1.82, 2.24) is 10.2 Å². The molecule has 3 nitrogen and oxygen atoms in total. The fraction of sp³-hybridized carbons (Fsp3) is 0.900. The molecule has 2 aliphatic rings. The van der Waals surface area contributed by atoms with Gasteiger partial charge in [-0.15, -0.1) is 0 Å². The van der Waals surface area contributed by atoms with E-state index in [0.29, 0.717) is 11.9 Å². The maximum Gasteiger partial charge on any atom is 0.222 e. The second-order valence-electron chi connectivity index (χ2n) is 4.11. The molecule has 1 N–H and O–H groups in total. The minimum Gasteiger partial charge on any atom is -0.338 e. The molecule has 3 heteroatoms. The fourth-order valence-electron chi connectivity index (χ4n) is 2.52. The molecule has 0 spiro atoms. The van der Waals surface area contributed by atoms with Crippen molar-refractivity contribution in [2.45, 2.75) is 32.2 Å². The maximum atomic E-state index is 11.7. The van der Waals surface area contributed by atoms with Crippen molar-refractivity contribution in [2.75, 3.05) is 19.6 Å². The summed E-state index contributed by atoms with van der Waals surface area (Å²) < 4.78 is 0. The third-order valence-electron chi connectivity index (χ3n) is 3.23. The van der Waals surface area contributed by atoms with Gasteiger partial charge in [-0.3, -0.25) is 4.79 Å². The third-order valence-corrected chi connectivity index (χ3v) is 3.23. The average Bonchev–Trinajstić information content (AvgIpc) is 2.62. The number of likely N-dealkylation sites (tertiary alicyclic amines) is 1. The van der Waals surface area contributed by atoms with Crippen LogP contribution in [0, 0.1) is 5.92 Å². The molecule has 74 valence electrons. The molecule has 0 aromatic rings. The SMILES string of the molecule is CCCC(=O)N1CC[C@@H]2CNC[C@@H]21. The fourth-order valence-corrected chi connectivity index (χ4v) is 2.52. The van der Waals surface area contributed by atoms with Gasteiger partial charge in [-0.1, -0.05) is 6.92 Å². The van der Waals surface area contributed by atoms with Crippen LogP contribution in [0.5, 0.6) is 0 Å². The van der Waals surface area contributed by atoms with Gasteiger partial charge in [0.1, 0.15) is 0 Å². The molecule has 2 rings (SSSR count). The van der Waals surface area contributed by atoms with E-state index in [0.717, 1.165) is 38.4 Å². The summed E-state index contributed by atoms with van der Waals surface area (Å²) in [5.74, 6) is 1.10. The predicted molar refractivity (Wildman–Crippen MR) is 51.4 cm³/mol. The highest BCUT2D eigenvalue weighted by molar-refractivity contribution is 5.76. The number of hydrogen-bond donors (Lipinski definition) is 1. The van der Waals surface area contributed by atoms with E-state index in [-0.39, 0.29) is 0 Å². The number of carbonyl (C=O) groups excluding carboxylic acids is 1. The van der Waals surface area contributed by atoms with Gasteiger partial charge in [0, 0.05) is 32.1 Å². The molecule has 2 fully saturated rings. The number of fused-ring (bicyclic) bond motifs is 1. The molecule has 13 heavy (non-hydrogen) atoms. The topological polar surface area (TPSA) is 32.3 Å². The molecule has 2 saturated heterocycles. The summed E-state index contributed by atoms with van der Waals surface area (Å²) >= 11 is 0. The highest BCUT2D eigenvalue weighted by Crippen LogP contribution is 2.27. The third kappa shape index (κ3) is 1.57. The predicted octanol–water partition coefficient (Wildman–Crippen LogP) is 0.607. The standard InChI is InChI=1S/C10H18N2O/c1-2-3-10(13)12-5-4-8-6-11-7-9(8)12/h8-9,11H,2-7H2,1H3/t8-,9+/m1/s1. The number of carbonyl (C=O) groups is 1.